The van der Waals surface area contributed by atoms with Crippen LogP contribution in [-0.4, -0.2) is 25.4 Å². The van der Waals surface area contributed by atoms with Crippen molar-refractivity contribution in [1.29, 1.82) is 0 Å². The Morgan fingerprint density at radius 1 is 1.17 bits per heavy atom. The molecule has 1 aromatic carbocycles. The second-order valence-corrected chi connectivity index (χ2v) is 7.55. The van der Waals surface area contributed by atoms with Gasteiger partial charge >= 0.3 is 0 Å². The molecular formula is C14H22ClN3O4S. The van der Waals surface area contributed by atoms with Gasteiger partial charge in [-0.2, -0.15) is 0 Å². The molecule has 1 aromatic rings. The molecule has 3 N–H and O–H groups in total. The van der Waals surface area contributed by atoms with Crippen molar-refractivity contribution in [3.05, 3.63) is 33.4 Å². The van der Waals surface area contributed by atoms with Gasteiger partial charge in [0.25, 0.3) is 5.69 Å². The fourth-order valence-electron chi connectivity index (χ4n) is 2.97. The third-order valence-electron chi connectivity index (χ3n) is 4.02. The molecule has 0 radical (unpaired) electrons. The van der Waals surface area contributed by atoms with Crippen LogP contribution in [0.2, 0.25) is 0 Å². The van der Waals surface area contributed by atoms with Crippen LogP contribution < -0.4 is 10.5 Å². The predicted octanol–water partition coefficient (Wildman–Crippen LogP) is 2.18. The van der Waals surface area contributed by atoms with E-state index in [4.69, 9.17) is 5.73 Å². The van der Waals surface area contributed by atoms with Crippen molar-refractivity contribution in [3.63, 3.8) is 0 Å². The minimum atomic E-state index is -3.69. The minimum Gasteiger partial charge on any atom is -0.328 e. The van der Waals surface area contributed by atoms with E-state index in [9.17, 15) is 18.5 Å². The Labute approximate surface area is 142 Å². The van der Waals surface area contributed by atoms with Gasteiger partial charge in [0, 0.05) is 24.2 Å². The highest BCUT2D eigenvalue weighted by Gasteiger charge is 2.27. The summed E-state index contributed by atoms with van der Waals surface area (Å²) in [6.45, 7) is 3.15. The number of hydrogen-bond donors (Lipinski definition) is 2. The summed E-state index contributed by atoms with van der Waals surface area (Å²) in [5.41, 5.74) is 6.49. The number of nitrogens with one attached hydrogen (secondary N) is 1. The SMILES string of the molecule is Cc1cc([N+](=O)[O-])cc(C)c1S(=O)(=O)NC1CCC(N)CC1.Cl. The Bertz CT molecular complexity index is 662. The lowest BCUT2D eigenvalue weighted by Crippen LogP contribution is -2.40. The summed E-state index contributed by atoms with van der Waals surface area (Å²) in [5, 5.41) is 10.8. The van der Waals surface area contributed by atoms with E-state index in [1.165, 1.54) is 12.1 Å². The van der Waals surface area contributed by atoms with E-state index in [-0.39, 0.29) is 35.1 Å². The van der Waals surface area contributed by atoms with Crippen molar-refractivity contribution in [2.45, 2.75) is 56.5 Å². The first-order valence-electron chi connectivity index (χ1n) is 7.24. The number of sulfonamides is 1. The number of aryl methyl sites for hydroxylation is 2. The number of nitro groups is 1. The van der Waals surface area contributed by atoms with Crippen molar-refractivity contribution in [2.24, 2.45) is 5.73 Å². The van der Waals surface area contributed by atoms with Crippen LogP contribution in [0.3, 0.4) is 0 Å². The first-order valence-corrected chi connectivity index (χ1v) is 8.72. The third-order valence-corrected chi connectivity index (χ3v) is 5.84. The van der Waals surface area contributed by atoms with Crippen molar-refractivity contribution in [3.8, 4) is 0 Å². The van der Waals surface area contributed by atoms with Crippen LogP contribution in [0.25, 0.3) is 0 Å². The van der Waals surface area contributed by atoms with Crippen LogP contribution in [0.4, 0.5) is 5.69 Å². The van der Waals surface area contributed by atoms with E-state index in [0.717, 1.165) is 12.8 Å². The van der Waals surface area contributed by atoms with Crippen LogP contribution in [0, 0.1) is 24.0 Å². The lowest BCUT2D eigenvalue weighted by atomic mass is 9.93. The summed E-state index contributed by atoms with van der Waals surface area (Å²) in [6, 6.07) is 2.60. The molecule has 1 aliphatic rings. The zero-order valence-electron chi connectivity index (χ0n) is 13.1. The van der Waals surface area contributed by atoms with Gasteiger partial charge in [0.2, 0.25) is 10.0 Å². The molecule has 0 heterocycles. The molecule has 0 amide bonds. The van der Waals surface area contributed by atoms with Crippen LogP contribution >= 0.6 is 12.4 Å². The van der Waals surface area contributed by atoms with Gasteiger partial charge in [-0.05, 0) is 50.7 Å². The topological polar surface area (TPSA) is 115 Å². The molecule has 23 heavy (non-hydrogen) atoms. The number of nitrogens with zero attached hydrogens (tertiary/aromatic N) is 1. The molecule has 0 atom stereocenters. The van der Waals surface area contributed by atoms with E-state index in [2.05, 4.69) is 4.72 Å². The number of nitrogens with two attached hydrogens (primary N) is 1. The normalized spacial score (nSPS) is 21.5. The summed E-state index contributed by atoms with van der Waals surface area (Å²) < 4.78 is 27.9. The first kappa shape index (κ1) is 19.8. The van der Waals surface area contributed by atoms with Crippen molar-refractivity contribution < 1.29 is 13.3 Å². The fraction of sp³-hybridized carbons (Fsp3) is 0.571. The molecule has 0 spiro atoms. The van der Waals surface area contributed by atoms with E-state index < -0.39 is 14.9 Å². The zero-order valence-corrected chi connectivity index (χ0v) is 14.7. The number of benzene rings is 1. The van der Waals surface area contributed by atoms with Gasteiger partial charge < -0.3 is 5.73 Å². The number of hydrogen-bond acceptors (Lipinski definition) is 5. The van der Waals surface area contributed by atoms with Gasteiger partial charge in [0.1, 0.15) is 0 Å². The second kappa shape index (κ2) is 7.57. The Hall–Kier alpha value is -1.22. The van der Waals surface area contributed by atoms with E-state index in [1.807, 2.05) is 0 Å². The molecule has 0 saturated heterocycles. The Morgan fingerprint density at radius 3 is 2.09 bits per heavy atom. The Kier molecular flexibility index (Phi) is 6.52. The van der Waals surface area contributed by atoms with Crippen LogP contribution in [0.15, 0.2) is 17.0 Å². The van der Waals surface area contributed by atoms with Gasteiger partial charge in [0.15, 0.2) is 0 Å². The molecule has 1 fully saturated rings. The van der Waals surface area contributed by atoms with Gasteiger partial charge in [-0.1, -0.05) is 0 Å². The number of halogens is 1. The summed E-state index contributed by atoms with van der Waals surface area (Å²) in [7, 11) is -3.69. The molecule has 2 rings (SSSR count). The largest absolute Gasteiger partial charge is 0.328 e. The van der Waals surface area contributed by atoms with Gasteiger partial charge in [-0.25, -0.2) is 13.1 Å². The van der Waals surface area contributed by atoms with Crippen molar-refractivity contribution in [1.82, 2.24) is 4.72 Å². The number of nitro benzene ring substituents is 1. The monoisotopic (exact) mass is 363 g/mol. The van der Waals surface area contributed by atoms with Gasteiger partial charge in [0.05, 0.1) is 9.82 Å². The molecular weight excluding hydrogens is 342 g/mol. The molecule has 0 aliphatic heterocycles. The lowest BCUT2D eigenvalue weighted by molar-refractivity contribution is -0.385. The molecule has 130 valence electrons. The zero-order chi connectivity index (χ0) is 16.5. The number of non-ortho nitro benzene ring substituents is 1. The Morgan fingerprint density at radius 2 is 1.65 bits per heavy atom. The molecule has 0 aromatic heterocycles. The molecule has 0 unspecified atom stereocenters. The number of rotatable bonds is 4. The smallest absolute Gasteiger partial charge is 0.270 e. The van der Waals surface area contributed by atoms with Crippen molar-refractivity contribution >= 4 is 28.1 Å². The van der Waals surface area contributed by atoms with Crippen molar-refractivity contribution in [2.75, 3.05) is 0 Å². The van der Waals surface area contributed by atoms with Crippen LogP contribution in [-0.2, 0) is 10.0 Å². The highest BCUT2D eigenvalue weighted by Crippen LogP contribution is 2.27. The maximum absolute atomic E-state index is 12.6. The summed E-state index contributed by atoms with van der Waals surface area (Å²) in [4.78, 5) is 10.5. The fourth-order valence-corrected chi connectivity index (χ4v) is 4.73. The summed E-state index contributed by atoms with van der Waals surface area (Å²) in [6.07, 6.45) is 3.02. The lowest BCUT2D eigenvalue weighted by Gasteiger charge is -2.27. The standard InChI is InChI=1S/C14H21N3O4S.ClH/c1-9-7-13(17(18)19)8-10(2)14(9)22(20,21)16-12-5-3-11(15)4-6-12;/h7-8,11-12,16H,3-6,15H2,1-2H3;1H. The molecule has 1 aliphatic carbocycles. The maximum Gasteiger partial charge on any atom is 0.270 e. The molecule has 9 heteroatoms. The molecule has 1 saturated carbocycles. The average Bonchev–Trinajstić information content (AvgIpc) is 2.39. The molecule has 0 bridgehead atoms. The van der Waals surface area contributed by atoms with E-state index >= 15 is 0 Å². The first-order chi connectivity index (χ1) is 10.2. The summed E-state index contributed by atoms with van der Waals surface area (Å²) >= 11 is 0. The van der Waals surface area contributed by atoms with Gasteiger partial charge in [-0.3, -0.25) is 10.1 Å². The average molecular weight is 364 g/mol. The third kappa shape index (κ3) is 4.63. The summed E-state index contributed by atoms with van der Waals surface area (Å²) in [5.74, 6) is 0. The highest BCUT2D eigenvalue weighted by molar-refractivity contribution is 7.89. The highest BCUT2D eigenvalue weighted by atomic mass is 35.5. The second-order valence-electron chi connectivity index (χ2n) is 5.90. The maximum atomic E-state index is 12.6. The van der Waals surface area contributed by atoms with Gasteiger partial charge in [-0.15, -0.1) is 12.4 Å². The van der Waals surface area contributed by atoms with Crippen LogP contribution in [0.5, 0.6) is 0 Å². The molecule has 7 nitrogen and oxygen atoms in total. The van der Waals surface area contributed by atoms with E-state index in [0.29, 0.717) is 24.0 Å². The predicted molar refractivity (Wildman–Crippen MR) is 90.4 cm³/mol. The quantitative estimate of drug-likeness (QED) is 0.628. The van der Waals surface area contributed by atoms with Crippen LogP contribution in [0.1, 0.15) is 36.8 Å². The minimum absolute atomic E-state index is 0. The Balaban J connectivity index is 0.00000264. The van der Waals surface area contributed by atoms with E-state index in [1.54, 1.807) is 13.8 Å².